The van der Waals surface area contributed by atoms with Gasteiger partial charge in [-0.2, -0.15) is 12.6 Å². The summed E-state index contributed by atoms with van der Waals surface area (Å²) in [5, 5.41) is 7.80. The molecule has 0 radical (unpaired) electrons. The van der Waals surface area contributed by atoms with Crippen molar-refractivity contribution in [1.29, 1.82) is 0 Å². The molecular formula is C9H11NO2S. The van der Waals surface area contributed by atoms with Gasteiger partial charge in [-0.25, -0.2) is 0 Å². The molecule has 0 saturated heterocycles. The first-order valence-corrected chi connectivity index (χ1v) is 4.36. The molecule has 0 aliphatic rings. The van der Waals surface area contributed by atoms with Crippen LogP contribution in [0.3, 0.4) is 0 Å². The lowest BCUT2D eigenvalue weighted by atomic mass is 10.0. The standard InChI is InChI=1S/C9H11NO2S/c10-7(8(13)9(11)12)6-4-2-1-3-5-6/h1-5,7-8,13H,10H2,(H,11,12). The van der Waals surface area contributed by atoms with Crippen molar-refractivity contribution in [3.8, 4) is 0 Å². The molecule has 0 saturated carbocycles. The van der Waals surface area contributed by atoms with Crippen LogP contribution in [0.5, 0.6) is 0 Å². The molecule has 3 nitrogen and oxygen atoms in total. The van der Waals surface area contributed by atoms with Crippen LogP contribution in [0.4, 0.5) is 0 Å². The molecule has 0 aliphatic heterocycles. The number of rotatable bonds is 3. The van der Waals surface area contributed by atoms with Crippen molar-refractivity contribution in [1.82, 2.24) is 0 Å². The third-order valence-electron chi connectivity index (χ3n) is 1.78. The first kappa shape index (κ1) is 10.1. The third-order valence-corrected chi connectivity index (χ3v) is 2.32. The summed E-state index contributed by atoms with van der Waals surface area (Å²) in [4.78, 5) is 10.6. The zero-order valence-electron chi connectivity index (χ0n) is 6.92. The van der Waals surface area contributed by atoms with Crippen molar-refractivity contribution >= 4 is 18.6 Å². The van der Waals surface area contributed by atoms with E-state index in [4.69, 9.17) is 10.8 Å². The van der Waals surface area contributed by atoms with Crippen molar-refractivity contribution in [3.63, 3.8) is 0 Å². The van der Waals surface area contributed by atoms with Gasteiger partial charge in [0.15, 0.2) is 0 Å². The topological polar surface area (TPSA) is 63.3 Å². The number of hydrogen-bond donors (Lipinski definition) is 3. The highest BCUT2D eigenvalue weighted by molar-refractivity contribution is 7.81. The lowest BCUT2D eigenvalue weighted by molar-refractivity contribution is -0.136. The molecule has 0 bridgehead atoms. The van der Waals surface area contributed by atoms with E-state index in [1.807, 2.05) is 18.2 Å². The molecule has 0 amide bonds. The first-order valence-electron chi connectivity index (χ1n) is 3.84. The summed E-state index contributed by atoms with van der Waals surface area (Å²) in [6.45, 7) is 0. The molecular weight excluding hydrogens is 186 g/mol. The maximum Gasteiger partial charge on any atom is 0.318 e. The van der Waals surface area contributed by atoms with Crippen molar-refractivity contribution in [2.75, 3.05) is 0 Å². The van der Waals surface area contributed by atoms with Gasteiger partial charge in [-0.3, -0.25) is 4.79 Å². The molecule has 1 aromatic carbocycles. The zero-order chi connectivity index (χ0) is 9.84. The number of nitrogens with two attached hydrogens (primary N) is 1. The van der Waals surface area contributed by atoms with Gasteiger partial charge in [-0.15, -0.1) is 0 Å². The van der Waals surface area contributed by atoms with E-state index >= 15 is 0 Å². The van der Waals surface area contributed by atoms with E-state index in [1.165, 1.54) is 0 Å². The Bertz CT molecular complexity index is 289. The van der Waals surface area contributed by atoms with Gasteiger partial charge < -0.3 is 10.8 Å². The van der Waals surface area contributed by atoms with E-state index in [-0.39, 0.29) is 0 Å². The molecule has 2 atom stereocenters. The Morgan fingerprint density at radius 2 is 1.92 bits per heavy atom. The van der Waals surface area contributed by atoms with Crippen LogP contribution in [-0.2, 0) is 4.79 Å². The molecule has 70 valence electrons. The van der Waals surface area contributed by atoms with Gasteiger partial charge in [0.1, 0.15) is 5.25 Å². The Hall–Kier alpha value is -1.00. The summed E-state index contributed by atoms with van der Waals surface area (Å²) < 4.78 is 0. The second-order valence-electron chi connectivity index (χ2n) is 2.72. The Morgan fingerprint density at radius 3 is 2.38 bits per heavy atom. The third kappa shape index (κ3) is 2.47. The zero-order valence-corrected chi connectivity index (χ0v) is 7.82. The van der Waals surface area contributed by atoms with E-state index < -0.39 is 17.3 Å². The van der Waals surface area contributed by atoms with E-state index in [0.717, 1.165) is 5.56 Å². The Morgan fingerprint density at radius 1 is 1.38 bits per heavy atom. The van der Waals surface area contributed by atoms with Gasteiger partial charge in [0.25, 0.3) is 0 Å². The van der Waals surface area contributed by atoms with Crippen LogP contribution in [0.2, 0.25) is 0 Å². The van der Waals surface area contributed by atoms with Crippen LogP contribution in [0.25, 0.3) is 0 Å². The minimum atomic E-state index is -1.00. The van der Waals surface area contributed by atoms with Gasteiger partial charge in [0.2, 0.25) is 0 Å². The molecule has 3 N–H and O–H groups in total. The normalized spacial score (nSPS) is 14.9. The molecule has 1 rings (SSSR count). The molecule has 4 heteroatoms. The van der Waals surface area contributed by atoms with Crippen molar-refractivity contribution in [3.05, 3.63) is 35.9 Å². The second-order valence-corrected chi connectivity index (χ2v) is 3.28. The summed E-state index contributed by atoms with van der Waals surface area (Å²) >= 11 is 3.91. The summed E-state index contributed by atoms with van der Waals surface area (Å²) in [6, 6.07) is 8.50. The number of carboxylic acids is 1. The predicted octanol–water partition coefficient (Wildman–Crippen LogP) is 1.07. The van der Waals surface area contributed by atoms with Crippen LogP contribution in [0.15, 0.2) is 30.3 Å². The molecule has 0 aliphatic carbocycles. The largest absolute Gasteiger partial charge is 0.480 e. The highest BCUT2D eigenvalue weighted by Crippen LogP contribution is 2.17. The molecule has 0 aromatic heterocycles. The second kappa shape index (κ2) is 4.30. The van der Waals surface area contributed by atoms with Crippen LogP contribution in [0, 0.1) is 0 Å². The fraction of sp³-hybridized carbons (Fsp3) is 0.222. The summed E-state index contributed by atoms with van der Waals surface area (Å²) in [7, 11) is 0. The van der Waals surface area contributed by atoms with Crippen molar-refractivity contribution in [2.24, 2.45) is 5.73 Å². The van der Waals surface area contributed by atoms with Crippen molar-refractivity contribution in [2.45, 2.75) is 11.3 Å². The quantitative estimate of drug-likeness (QED) is 0.635. The smallest absolute Gasteiger partial charge is 0.318 e. The minimum Gasteiger partial charge on any atom is -0.480 e. The number of benzene rings is 1. The highest BCUT2D eigenvalue weighted by Gasteiger charge is 2.21. The van der Waals surface area contributed by atoms with Gasteiger partial charge in [0, 0.05) is 0 Å². The Balaban J connectivity index is 2.79. The number of carboxylic acid groups (broad SMARTS) is 1. The summed E-state index contributed by atoms with van der Waals surface area (Å²) in [5.74, 6) is -1.00. The lowest BCUT2D eigenvalue weighted by Crippen LogP contribution is -2.28. The average Bonchev–Trinajstić information content (AvgIpc) is 2.17. The number of carbonyl (C=O) groups is 1. The van der Waals surface area contributed by atoms with Gasteiger partial charge in [-0.05, 0) is 5.56 Å². The molecule has 1 aromatic rings. The molecule has 0 spiro atoms. The Labute approximate surface area is 82.0 Å². The fourth-order valence-electron chi connectivity index (χ4n) is 1.01. The fourth-order valence-corrected chi connectivity index (χ4v) is 1.18. The van der Waals surface area contributed by atoms with Gasteiger partial charge in [0.05, 0.1) is 6.04 Å². The maximum absolute atomic E-state index is 10.6. The van der Waals surface area contributed by atoms with Gasteiger partial charge in [-0.1, -0.05) is 30.3 Å². The van der Waals surface area contributed by atoms with Crippen LogP contribution >= 0.6 is 12.6 Å². The lowest BCUT2D eigenvalue weighted by Gasteiger charge is -2.15. The Kier molecular flexibility index (Phi) is 3.33. The maximum atomic E-state index is 10.6. The van der Waals surface area contributed by atoms with E-state index in [2.05, 4.69) is 12.6 Å². The SMILES string of the molecule is NC(c1ccccc1)C(S)C(=O)O. The summed E-state index contributed by atoms with van der Waals surface area (Å²) in [6.07, 6.45) is 0. The summed E-state index contributed by atoms with van der Waals surface area (Å²) in [5.41, 5.74) is 6.46. The first-order chi connectivity index (χ1) is 6.13. The van der Waals surface area contributed by atoms with E-state index in [9.17, 15) is 4.79 Å². The number of hydrogen-bond acceptors (Lipinski definition) is 3. The van der Waals surface area contributed by atoms with E-state index in [0.29, 0.717) is 0 Å². The monoisotopic (exact) mass is 197 g/mol. The van der Waals surface area contributed by atoms with Gasteiger partial charge >= 0.3 is 5.97 Å². The van der Waals surface area contributed by atoms with Crippen molar-refractivity contribution < 1.29 is 9.90 Å². The molecule has 0 heterocycles. The molecule has 0 fully saturated rings. The van der Waals surface area contributed by atoms with Crippen LogP contribution in [-0.4, -0.2) is 16.3 Å². The predicted molar refractivity (Wildman–Crippen MR) is 53.8 cm³/mol. The minimum absolute atomic E-state index is 0.568. The number of thiol groups is 1. The highest BCUT2D eigenvalue weighted by atomic mass is 32.1. The van der Waals surface area contributed by atoms with Crippen LogP contribution < -0.4 is 5.73 Å². The number of aliphatic carboxylic acids is 1. The molecule has 13 heavy (non-hydrogen) atoms. The average molecular weight is 197 g/mol. The molecule has 2 unspecified atom stereocenters. The van der Waals surface area contributed by atoms with Crippen LogP contribution in [0.1, 0.15) is 11.6 Å². The van der Waals surface area contributed by atoms with E-state index in [1.54, 1.807) is 12.1 Å².